The number of para-hydroxylation sites is 1. The summed E-state index contributed by atoms with van der Waals surface area (Å²) >= 11 is 0. The van der Waals surface area contributed by atoms with Gasteiger partial charge in [0.05, 0.1) is 6.04 Å². The quantitative estimate of drug-likeness (QED) is 0.898. The van der Waals surface area contributed by atoms with Gasteiger partial charge in [0.15, 0.2) is 0 Å². The minimum Gasteiger partial charge on any atom is -0.363 e. The zero-order valence-electron chi connectivity index (χ0n) is 11.6. The molecular weight excluding hydrogens is 251 g/mol. The first kappa shape index (κ1) is 13.1. The average molecular weight is 270 g/mol. The van der Waals surface area contributed by atoms with Crippen molar-refractivity contribution >= 4 is 5.69 Å². The fourth-order valence-corrected chi connectivity index (χ4v) is 2.81. The molecule has 0 saturated heterocycles. The molecule has 2 aromatic rings. The van der Waals surface area contributed by atoms with E-state index < -0.39 is 0 Å². The van der Waals surface area contributed by atoms with Gasteiger partial charge in [-0.3, -0.25) is 0 Å². The maximum atomic E-state index is 13.1. The van der Waals surface area contributed by atoms with Crippen LogP contribution in [0.25, 0.3) is 0 Å². The second-order valence-electron chi connectivity index (χ2n) is 5.23. The van der Waals surface area contributed by atoms with E-state index in [2.05, 4.69) is 41.4 Å². The Kier molecular flexibility index (Phi) is 3.70. The molecule has 0 amide bonds. The van der Waals surface area contributed by atoms with Crippen molar-refractivity contribution in [1.82, 2.24) is 5.32 Å². The Labute approximate surface area is 119 Å². The zero-order chi connectivity index (χ0) is 13.9. The summed E-state index contributed by atoms with van der Waals surface area (Å²) in [6.07, 6.45) is 0. The Morgan fingerprint density at radius 2 is 1.85 bits per heavy atom. The second kappa shape index (κ2) is 5.63. The van der Waals surface area contributed by atoms with Gasteiger partial charge in [-0.15, -0.1) is 0 Å². The van der Waals surface area contributed by atoms with E-state index in [4.69, 9.17) is 0 Å². The van der Waals surface area contributed by atoms with E-state index in [1.54, 1.807) is 0 Å². The molecule has 20 heavy (non-hydrogen) atoms. The van der Waals surface area contributed by atoms with Crippen LogP contribution < -0.4 is 10.2 Å². The minimum atomic E-state index is -0.182. The number of rotatable bonds is 2. The Balaban J connectivity index is 1.94. The summed E-state index contributed by atoms with van der Waals surface area (Å²) < 4.78 is 13.1. The van der Waals surface area contributed by atoms with Gasteiger partial charge in [-0.05, 0) is 36.2 Å². The summed E-state index contributed by atoms with van der Waals surface area (Å²) in [5.74, 6) is -0.182. The molecule has 0 aliphatic carbocycles. The van der Waals surface area contributed by atoms with Crippen molar-refractivity contribution in [1.29, 1.82) is 0 Å². The molecule has 1 unspecified atom stereocenters. The van der Waals surface area contributed by atoms with Crippen LogP contribution in [0, 0.1) is 5.82 Å². The molecule has 2 aromatic carbocycles. The first-order valence-electron chi connectivity index (χ1n) is 7.06. The van der Waals surface area contributed by atoms with Gasteiger partial charge in [-0.1, -0.05) is 30.3 Å². The van der Waals surface area contributed by atoms with Crippen molar-refractivity contribution in [3.8, 4) is 0 Å². The number of fused-ring (bicyclic) bond motifs is 1. The van der Waals surface area contributed by atoms with Crippen LogP contribution >= 0.6 is 0 Å². The lowest BCUT2D eigenvalue weighted by Gasteiger charge is -2.31. The zero-order valence-corrected chi connectivity index (χ0v) is 11.6. The molecule has 0 aromatic heterocycles. The molecule has 3 heteroatoms. The van der Waals surface area contributed by atoms with Gasteiger partial charge in [0.1, 0.15) is 5.82 Å². The van der Waals surface area contributed by atoms with E-state index >= 15 is 0 Å². The molecule has 3 rings (SSSR count). The number of halogens is 1. The van der Waals surface area contributed by atoms with Gasteiger partial charge in [-0.25, -0.2) is 4.39 Å². The van der Waals surface area contributed by atoms with Crippen molar-refractivity contribution in [2.45, 2.75) is 19.5 Å². The number of benzene rings is 2. The standard InChI is InChI=1S/C17H19FN2/c1-13(14-6-8-16(18)9-7-14)20-11-10-19-12-15-4-2-3-5-17(15)20/h2-9,13,19H,10-12H2,1H3. The van der Waals surface area contributed by atoms with Crippen molar-refractivity contribution < 1.29 is 4.39 Å². The molecule has 1 aliphatic heterocycles. The topological polar surface area (TPSA) is 15.3 Å². The summed E-state index contributed by atoms with van der Waals surface area (Å²) in [5.41, 5.74) is 3.73. The largest absolute Gasteiger partial charge is 0.363 e. The molecule has 1 heterocycles. The van der Waals surface area contributed by atoms with Crippen molar-refractivity contribution in [2.24, 2.45) is 0 Å². The molecule has 1 atom stereocenters. The third kappa shape index (κ3) is 2.54. The summed E-state index contributed by atoms with van der Waals surface area (Å²) in [5, 5.41) is 3.45. The monoisotopic (exact) mass is 270 g/mol. The molecule has 0 fully saturated rings. The fraction of sp³-hybridized carbons (Fsp3) is 0.294. The lowest BCUT2D eigenvalue weighted by molar-refractivity contribution is 0.619. The molecule has 0 bridgehead atoms. The van der Waals surface area contributed by atoms with Crippen LogP contribution in [0.5, 0.6) is 0 Å². The highest BCUT2D eigenvalue weighted by molar-refractivity contribution is 5.56. The smallest absolute Gasteiger partial charge is 0.123 e. The van der Waals surface area contributed by atoms with E-state index in [1.807, 2.05) is 12.1 Å². The van der Waals surface area contributed by atoms with Crippen LogP contribution in [-0.4, -0.2) is 13.1 Å². The highest BCUT2D eigenvalue weighted by atomic mass is 19.1. The maximum Gasteiger partial charge on any atom is 0.123 e. The van der Waals surface area contributed by atoms with Gasteiger partial charge >= 0.3 is 0 Å². The van der Waals surface area contributed by atoms with Gasteiger partial charge in [-0.2, -0.15) is 0 Å². The predicted molar refractivity (Wildman–Crippen MR) is 80.3 cm³/mol. The predicted octanol–water partition coefficient (Wildman–Crippen LogP) is 3.50. The van der Waals surface area contributed by atoms with Crippen LogP contribution in [0.1, 0.15) is 24.1 Å². The fourth-order valence-electron chi connectivity index (χ4n) is 2.81. The van der Waals surface area contributed by atoms with E-state index in [0.717, 1.165) is 25.2 Å². The van der Waals surface area contributed by atoms with Crippen LogP contribution in [-0.2, 0) is 6.54 Å². The van der Waals surface area contributed by atoms with Gasteiger partial charge in [0.2, 0.25) is 0 Å². The molecule has 0 radical (unpaired) electrons. The van der Waals surface area contributed by atoms with Crippen molar-refractivity contribution in [3.05, 3.63) is 65.5 Å². The second-order valence-corrected chi connectivity index (χ2v) is 5.23. The van der Waals surface area contributed by atoms with Crippen molar-refractivity contribution in [3.63, 3.8) is 0 Å². The molecule has 0 spiro atoms. The molecule has 104 valence electrons. The first-order chi connectivity index (χ1) is 9.75. The van der Waals surface area contributed by atoms with Crippen LogP contribution in [0.15, 0.2) is 48.5 Å². The summed E-state index contributed by atoms with van der Waals surface area (Å²) in [6.45, 7) is 4.99. The Morgan fingerprint density at radius 1 is 1.10 bits per heavy atom. The van der Waals surface area contributed by atoms with E-state index in [9.17, 15) is 4.39 Å². The molecule has 1 N–H and O–H groups in total. The molecular formula is C17H19FN2. The summed E-state index contributed by atoms with van der Waals surface area (Å²) in [4.78, 5) is 2.39. The van der Waals surface area contributed by atoms with E-state index in [0.29, 0.717) is 0 Å². The number of nitrogens with zero attached hydrogens (tertiary/aromatic N) is 1. The molecule has 0 saturated carbocycles. The first-order valence-corrected chi connectivity index (χ1v) is 7.06. The average Bonchev–Trinajstić information content (AvgIpc) is 2.69. The number of hydrogen-bond donors (Lipinski definition) is 1. The Hall–Kier alpha value is -1.87. The maximum absolute atomic E-state index is 13.1. The summed E-state index contributed by atoms with van der Waals surface area (Å²) in [7, 11) is 0. The van der Waals surface area contributed by atoms with E-state index in [1.165, 1.54) is 23.4 Å². The van der Waals surface area contributed by atoms with Gasteiger partial charge in [0.25, 0.3) is 0 Å². The third-order valence-electron chi connectivity index (χ3n) is 3.97. The number of anilines is 1. The highest BCUT2D eigenvalue weighted by Gasteiger charge is 2.20. The van der Waals surface area contributed by atoms with Gasteiger partial charge in [0, 0.05) is 25.3 Å². The normalized spacial score (nSPS) is 16.4. The van der Waals surface area contributed by atoms with Gasteiger partial charge < -0.3 is 10.2 Å². The van der Waals surface area contributed by atoms with E-state index in [-0.39, 0.29) is 11.9 Å². The SMILES string of the molecule is CC(c1ccc(F)cc1)N1CCNCc2ccccc21. The van der Waals surface area contributed by atoms with Crippen LogP contribution in [0.3, 0.4) is 0 Å². The highest BCUT2D eigenvalue weighted by Crippen LogP contribution is 2.30. The van der Waals surface area contributed by atoms with Crippen LogP contribution in [0.2, 0.25) is 0 Å². The lowest BCUT2D eigenvalue weighted by atomic mass is 10.0. The number of nitrogens with one attached hydrogen (secondary N) is 1. The van der Waals surface area contributed by atoms with Crippen molar-refractivity contribution in [2.75, 3.05) is 18.0 Å². The minimum absolute atomic E-state index is 0.182. The Morgan fingerprint density at radius 3 is 2.65 bits per heavy atom. The summed E-state index contributed by atoms with van der Waals surface area (Å²) in [6, 6.07) is 15.5. The Bertz CT molecular complexity index is 580. The lowest BCUT2D eigenvalue weighted by Crippen LogP contribution is -2.31. The van der Waals surface area contributed by atoms with Crippen LogP contribution in [0.4, 0.5) is 10.1 Å². The number of hydrogen-bond acceptors (Lipinski definition) is 2. The molecule has 1 aliphatic rings. The third-order valence-corrected chi connectivity index (χ3v) is 3.97. The molecule has 2 nitrogen and oxygen atoms in total.